The van der Waals surface area contributed by atoms with Gasteiger partial charge in [0.2, 0.25) is 11.2 Å². The van der Waals surface area contributed by atoms with E-state index in [1.807, 2.05) is 0 Å². The highest BCUT2D eigenvalue weighted by Crippen LogP contribution is 2.29. The molecule has 0 spiro atoms. The maximum Gasteiger partial charge on any atom is 0.341 e. The Labute approximate surface area is 99.0 Å². The molecule has 0 saturated carbocycles. The van der Waals surface area contributed by atoms with Crippen LogP contribution in [0.3, 0.4) is 0 Å². The number of aliphatic carboxylic acids is 1. The summed E-state index contributed by atoms with van der Waals surface area (Å²) >= 11 is -1.61. The normalized spacial score (nSPS) is 17.6. The molecule has 0 bridgehead atoms. The Kier molecular flexibility index (Phi) is 2.96. The summed E-state index contributed by atoms with van der Waals surface area (Å²) in [5.41, 5.74) is 6.56. The number of hydrogen-bond donors (Lipinski definition) is 3. The summed E-state index contributed by atoms with van der Waals surface area (Å²) in [7, 11) is 0. The molecular weight excluding hydrogens is 246 g/mol. The van der Waals surface area contributed by atoms with Crippen LogP contribution >= 0.6 is 0 Å². The quantitative estimate of drug-likeness (QED) is 0.695. The number of nitrogens with one attached hydrogen (secondary N) is 1. The number of ether oxygens (including phenoxy) is 1. The highest BCUT2D eigenvalue weighted by molar-refractivity contribution is 7.85. The summed E-state index contributed by atoms with van der Waals surface area (Å²) in [4.78, 5) is 10.4. The van der Waals surface area contributed by atoms with Crippen LogP contribution in [0.5, 0.6) is 5.75 Å². The summed E-state index contributed by atoms with van der Waals surface area (Å²) in [5.74, 6) is -0.751. The summed E-state index contributed by atoms with van der Waals surface area (Å²) in [5, 5.41) is 8.54. The smallest absolute Gasteiger partial charge is 0.341 e. The Balaban J connectivity index is 2.38. The molecule has 1 heterocycles. The second kappa shape index (κ2) is 4.42. The zero-order valence-corrected chi connectivity index (χ0v) is 9.36. The van der Waals surface area contributed by atoms with Crippen LogP contribution < -0.4 is 15.2 Å². The van der Waals surface area contributed by atoms with Gasteiger partial charge in [-0.15, -0.1) is 0 Å². The number of anilines is 1. The molecule has 0 radical (unpaired) electrons. The maximum atomic E-state index is 11.2. The van der Waals surface area contributed by atoms with Crippen molar-refractivity contribution in [2.45, 2.75) is 0 Å². The van der Waals surface area contributed by atoms with Crippen molar-refractivity contribution >= 4 is 28.7 Å². The first kappa shape index (κ1) is 11.4. The Hall–Kier alpha value is -2.09. The van der Waals surface area contributed by atoms with E-state index in [-0.39, 0.29) is 11.6 Å². The van der Waals surface area contributed by atoms with Crippen LogP contribution in [0, 0.1) is 0 Å². The Morgan fingerprint density at radius 1 is 1.59 bits per heavy atom. The van der Waals surface area contributed by atoms with Crippen molar-refractivity contribution < 1.29 is 18.8 Å². The molecule has 4 N–H and O–H groups in total. The van der Waals surface area contributed by atoms with Crippen molar-refractivity contribution in [3.05, 3.63) is 23.8 Å². The predicted octanol–water partition coefficient (Wildman–Crippen LogP) is -0.141. The molecule has 0 fully saturated rings. The average molecular weight is 255 g/mol. The molecule has 1 aromatic rings. The number of amidine groups is 1. The molecule has 17 heavy (non-hydrogen) atoms. The van der Waals surface area contributed by atoms with E-state index in [4.69, 9.17) is 15.6 Å². The number of carbonyl (C=O) groups is 1. The van der Waals surface area contributed by atoms with Gasteiger partial charge in [0.05, 0.1) is 11.3 Å². The molecule has 7 nitrogen and oxygen atoms in total. The van der Waals surface area contributed by atoms with Crippen molar-refractivity contribution in [1.29, 1.82) is 0 Å². The largest absolute Gasteiger partial charge is 0.481 e. The van der Waals surface area contributed by atoms with Gasteiger partial charge in [-0.05, 0) is 12.1 Å². The fourth-order valence-corrected chi connectivity index (χ4v) is 2.07. The number of fused-ring (bicyclic) bond motifs is 1. The van der Waals surface area contributed by atoms with Gasteiger partial charge in [0, 0.05) is 0 Å². The standard InChI is InChI=1S/C9H9N3O4S/c10-9-8-5(11-17(15)12-9)2-1-3-6(8)16-4-7(13)14/h1-3,11H,4H2,(H2,10,12)(H,13,14). The van der Waals surface area contributed by atoms with Crippen molar-refractivity contribution in [3.63, 3.8) is 0 Å². The van der Waals surface area contributed by atoms with Crippen LogP contribution in [0.25, 0.3) is 0 Å². The number of rotatable bonds is 3. The Morgan fingerprint density at radius 3 is 3.06 bits per heavy atom. The van der Waals surface area contributed by atoms with Crippen LogP contribution in [-0.2, 0) is 16.0 Å². The number of hydrogen-bond acceptors (Lipinski definition) is 4. The number of nitrogens with two attached hydrogens (primary N) is 1. The maximum absolute atomic E-state index is 11.2. The van der Waals surface area contributed by atoms with Gasteiger partial charge in [-0.25, -0.2) is 9.00 Å². The van der Waals surface area contributed by atoms with Crippen molar-refractivity contribution in [3.8, 4) is 5.75 Å². The first-order valence-corrected chi connectivity index (χ1v) is 5.69. The third kappa shape index (κ3) is 2.36. The summed E-state index contributed by atoms with van der Waals surface area (Å²) in [6.45, 7) is -0.479. The fourth-order valence-electron chi connectivity index (χ4n) is 1.39. The van der Waals surface area contributed by atoms with E-state index in [1.54, 1.807) is 18.2 Å². The third-order valence-electron chi connectivity index (χ3n) is 2.01. The lowest BCUT2D eigenvalue weighted by molar-refractivity contribution is -0.139. The van der Waals surface area contributed by atoms with Gasteiger partial charge in [0.15, 0.2) is 6.61 Å². The Morgan fingerprint density at radius 2 is 2.35 bits per heavy atom. The number of nitrogens with zero attached hydrogens (tertiary/aromatic N) is 1. The molecular formula is C9H9N3O4S. The minimum Gasteiger partial charge on any atom is -0.481 e. The molecule has 1 aliphatic heterocycles. The van der Waals surface area contributed by atoms with E-state index in [0.717, 1.165) is 0 Å². The van der Waals surface area contributed by atoms with E-state index < -0.39 is 23.7 Å². The molecule has 2 rings (SSSR count). The van der Waals surface area contributed by atoms with Crippen molar-refractivity contribution in [1.82, 2.24) is 0 Å². The van der Waals surface area contributed by atoms with Gasteiger partial charge in [-0.2, -0.15) is 4.40 Å². The molecule has 0 aliphatic carbocycles. The molecule has 90 valence electrons. The van der Waals surface area contributed by atoms with E-state index in [2.05, 4.69) is 9.12 Å². The second-order valence-electron chi connectivity index (χ2n) is 3.19. The minimum absolute atomic E-state index is 0.0538. The SMILES string of the molecule is NC1=NS(=O)Nc2cccc(OCC(=O)O)c21. The highest BCUT2D eigenvalue weighted by Gasteiger charge is 2.20. The fraction of sp³-hybridized carbons (Fsp3) is 0.111. The van der Waals surface area contributed by atoms with E-state index in [1.165, 1.54) is 0 Å². The lowest BCUT2D eigenvalue weighted by atomic mass is 10.1. The van der Waals surface area contributed by atoms with E-state index in [9.17, 15) is 9.00 Å². The zero-order chi connectivity index (χ0) is 12.4. The molecule has 0 saturated heterocycles. The summed E-state index contributed by atoms with van der Waals surface area (Å²) in [6, 6.07) is 4.86. The molecule has 1 unspecified atom stereocenters. The lowest BCUT2D eigenvalue weighted by Crippen LogP contribution is -2.24. The number of carboxylic acid groups (broad SMARTS) is 1. The van der Waals surface area contributed by atoms with Crippen LogP contribution in [0.2, 0.25) is 0 Å². The van der Waals surface area contributed by atoms with Crippen molar-refractivity contribution in [2.75, 3.05) is 11.3 Å². The second-order valence-corrected chi connectivity index (χ2v) is 4.07. The van der Waals surface area contributed by atoms with Crippen LogP contribution in [0.1, 0.15) is 5.56 Å². The monoisotopic (exact) mass is 255 g/mol. The lowest BCUT2D eigenvalue weighted by Gasteiger charge is -2.17. The third-order valence-corrected chi connectivity index (χ3v) is 2.77. The first-order chi connectivity index (χ1) is 8.08. The first-order valence-electron chi connectivity index (χ1n) is 4.58. The topological polar surface area (TPSA) is 114 Å². The van der Waals surface area contributed by atoms with Crippen LogP contribution in [-0.4, -0.2) is 27.7 Å². The van der Waals surface area contributed by atoms with Gasteiger partial charge in [0.25, 0.3) is 0 Å². The van der Waals surface area contributed by atoms with Crippen LogP contribution in [0.15, 0.2) is 22.6 Å². The molecule has 1 aliphatic rings. The highest BCUT2D eigenvalue weighted by atomic mass is 32.2. The van der Waals surface area contributed by atoms with Crippen LogP contribution in [0.4, 0.5) is 5.69 Å². The molecule has 1 aromatic carbocycles. The zero-order valence-electron chi connectivity index (χ0n) is 8.54. The van der Waals surface area contributed by atoms with Gasteiger partial charge in [-0.3, -0.25) is 4.72 Å². The molecule has 8 heteroatoms. The number of carboxylic acids is 1. The Bertz CT molecular complexity index is 529. The van der Waals surface area contributed by atoms with E-state index in [0.29, 0.717) is 11.3 Å². The summed E-state index contributed by atoms with van der Waals surface area (Å²) < 4.78 is 22.5. The molecule has 1 atom stereocenters. The van der Waals surface area contributed by atoms with E-state index >= 15 is 0 Å². The molecule has 0 amide bonds. The van der Waals surface area contributed by atoms with Gasteiger partial charge in [-0.1, -0.05) is 6.07 Å². The predicted molar refractivity (Wildman–Crippen MR) is 62.1 cm³/mol. The minimum atomic E-state index is -1.61. The van der Waals surface area contributed by atoms with Gasteiger partial charge in [0.1, 0.15) is 11.6 Å². The molecule has 0 aromatic heterocycles. The summed E-state index contributed by atoms with van der Waals surface area (Å²) in [6.07, 6.45) is 0. The van der Waals surface area contributed by atoms with Gasteiger partial charge < -0.3 is 15.6 Å². The number of benzene rings is 1. The average Bonchev–Trinajstić information content (AvgIpc) is 2.25. The van der Waals surface area contributed by atoms with Gasteiger partial charge >= 0.3 is 5.97 Å². The van der Waals surface area contributed by atoms with Crippen molar-refractivity contribution in [2.24, 2.45) is 10.1 Å².